The van der Waals surface area contributed by atoms with E-state index in [1.807, 2.05) is 24.0 Å². The molecule has 0 aliphatic carbocycles. The van der Waals surface area contributed by atoms with Gasteiger partial charge in [0.25, 0.3) is 0 Å². The Morgan fingerprint density at radius 1 is 1.17 bits per heavy atom. The summed E-state index contributed by atoms with van der Waals surface area (Å²) in [5, 5.41) is 0.0434. The number of hydrogen-bond acceptors (Lipinski definition) is 3. The van der Waals surface area contributed by atoms with Crippen LogP contribution in [0.2, 0.25) is 5.02 Å². The number of likely N-dealkylation sites (N-methyl/N-ethyl adjacent to an activating group) is 2. The van der Waals surface area contributed by atoms with Gasteiger partial charge in [-0.15, -0.1) is 0 Å². The van der Waals surface area contributed by atoms with E-state index in [0.717, 1.165) is 11.4 Å². The second kappa shape index (κ2) is 8.02. The minimum absolute atomic E-state index is 0.0434. The SMILES string of the molecule is CCN(CC(=O)N(C)c1ccc(OC)cc1)c1ccc(F)c(Cl)c1. The lowest BCUT2D eigenvalue weighted by atomic mass is 10.2. The number of carbonyl (C=O) groups is 1. The summed E-state index contributed by atoms with van der Waals surface area (Å²) in [5.74, 6) is 0.177. The van der Waals surface area contributed by atoms with Gasteiger partial charge in [-0.3, -0.25) is 4.79 Å². The van der Waals surface area contributed by atoms with Crippen molar-refractivity contribution in [1.82, 2.24) is 0 Å². The Balaban J connectivity index is 2.11. The summed E-state index contributed by atoms with van der Waals surface area (Å²) in [4.78, 5) is 16.0. The van der Waals surface area contributed by atoms with E-state index in [1.54, 1.807) is 37.3 Å². The van der Waals surface area contributed by atoms with Crippen molar-refractivity contribution < 1.29 is 13.9 Å². The molecule has 0 unspecified atom stereocenters. The van der Waals surface area contributed by atoms with Crippen molar-refractivity contribution in [3.8, 4) is 5.75 Å². The van der Waals surface area contributed by atoms with E-state index in [1.165, 1.54) is 12.1 Å². The van der Waals surface area contributed by atoms with E-state index >= 15 is 0 Å². The quantitative estimate of drug-likeness (QED) is 0.790. The maximum Gasteiger partial charge on any atom is 0.246 e. The average Bonchev–Trinajstić information content (AvgIpc) is 2.61. The molecule has 2 rings (SSSR count). The summed E-state index contributed by atoms with van der Waals surface area (Å²) in [6.07, 6.45) is 0. The molecule has 6 heteroatoms. The fraction of sp³-hybridized carbons (Fsp3) is 0.278. The number of rotatable bonds is 6. The van der Waals surface area contributed by atoms with Gasteiger partial charge >= 0.3 is 0 Å². The Bertz CT molecular complexity index is 707. The Morgan fingerprint density at radius 2 is 1.79 bits per heavy atom. The number of hydrogen-bond donors (Lipinski definition) is 0. The van der Waals surface area contributed by atoms with Gasteiger partial charge in [0.05, 0.1) is 18.7 Å². The summed E-state index contributed by atoms with van der Waals surface area (Å²) >= 11 is 5.83. The molecule has 4 nitrogen and oxygen atoms in total. The highest BCUT2D eigenvalue weighted by Gasteiger charge is 2.16. The zero-order chi connectivity index (χ0) is 17.7. The van der Waals surface area contributed by atoms with Crippen LogP contribution in [0.5, 0.6) is 5.75 Å². The number of halogens is 2. The lowest BCUT2D eigenvalue weighted by Crippen LogP contribution is -2.38. The maximum atomic E-state index is 13.3. The zero-order valence-electron chi connectivity index (χ0n) is 13.9. The zero-order valence-corrected chi connectivity index (χ0v) is 14.7. The number of ether oxygens (including phenoxy) is 1. The van der Waals surface area contributed by atoms with Crippen molar-refractivity contribution in [2.24, 2.45) is 0 Å². The molecule has 0 saturated heterocycles. The first-order valence-corrected chi connectivity index (χ1v) is 7.94. The van der Waals surface area contributed by atoms with Gasteiger partial charge in [-0.2, -0.15) is 0 Å². The van der Waals surface area contributed by atoms with Crippen molar-refractivity contribution in [1.29, 1.82) is 0 Å². The molecule has 24 heavy (non-hydrogen) atoms. The number of anilines is 2. The van der Waals surface area contributed by atoms with E-state index in [-0.39, 0.29) is 17.5 Å². The molecule has 0 aliphatic heterocycles. The molecule has 0 bridgehead atoms. The fourth-order valence-corrected chi connectivity index (χ4v) is 2.46. The lowest BCUT2D eigenvalue weighted by molar-refractivity contribution is -0.117. The first-order valence-electron chi connectivity index (χ1n) is 7.57. The van der Waals surface area contributed by atoms with Crippen LogP contribution in [0, 0.1) is 5.82 Å². The summed E-state index contributed by atoms with van der Waals surface area (Å²) in [6, 6.07) is 11.7. The number of nitrogens with zero attached hydrogens (tertiary/aromatic N) is 2. The van der Waals surface area contributed by atoms with Gasteiger partial charge in [0.1, 0.15) is 11.6 Å². The van der Waals surface area contributed by atoms with Crippen LogP contribution >= 0.6 is 11.6 Å². The van der Waals surface area contributed by atoms with Crippen LogP contribution in [-0.4, -0.2) is 33.2 Å². The number of benzene rings is 2. The molecule has 0 aromatic heterocycles. The first kappa shape index (κ1) is 18.1. The monoisotopic (exact) mass is 350 g/mol. The van der Waals surface area contributed by atoms with Crippen LogP contribution in [-0.2, 0) is 4.79 Å². The minimum Gasteiger partial charge on any atom is -0.497 e. The Morgan fingerprint density at radius 3 is 2.33 bits per heavy atom. The predicted octanol–water partition coefficient (Wildman–Crippen LogP) is 3.98. The Labute approximate surface area is 146 Å². The van der Waals surface area contributed by atoms with E-state index in [9.17, 15) is 9.18 Å². The lowest BCUT2D eigenvalue weighted by Gasteiger charge is -2.26. The van der Waals surface area contributed by atoms with Crippen LogP contribution in [0.1, 0.15) is 6.92 Å². The number of methoxy groups -OCH3 is 1. The first-order chi connectivity index (χ1) is 11.5. The molecule has 0 fully saturated rings. The minimum atomic E-state index is -0.474. The fourth-order valence-electron chi connectivity index (χ4n) is 2.29. The third kappa shape index (κ3) is 4.17. The Kier molecular flexibility index (Phi) is 6.04. The van der Waals surface area contributed by atoms with E-state index in [4.69, 9.17) is 16.3 Å². The van der Waals surface area contributed by atoms with Crippen molar-refractivity contribution >= 4 is 28.9 Å². The topological polar surface area (TPSA) is 32.8 Å². The van der Waals surface area contributed by atoms with Gasteiger partial charge in [-0.25, -0.2) is 4.39 Å². The highest BCUT2D eigenvalue weighted by atomic mass is 35.5. The third-order valence-electron chi connectivity index (χ3n) is 3.81. The molecule has 0 spiro atoms. The summed E-state index contributed by atoms with van der Waals surface area (Å²) < 4.78 is 18.4. The molecule has 2 aromatic carbocycles. The molecule has 0 saturated carbocycles. The summed E-state index contributed by atoms with van der Waals surface area (Å²) in [5.41, 5.74) is 1.48. The van der Waals surface area contributed by atoms with Gasteiger partial charge in [0.15, 0.2) is 0 Å². The maximum absolute atomic E-state index is 13.3. The molecule has 0 heterocycles. The molecule has 0 aliphatic rings. The number of amides is 1. The van der Waals surface area contributed by atoms with E-state index < -0.39 is 5.82 Å². The van der Waals surface area contributed by atoms with Crippen LogP contribution in [0.3, 0.4) is 0 Å². The van der Waals surface area contributed by atoms with E-state index in [0.29, 0.717) is 12.2 Å². The standard InChI is InChI=1S/C18H20ClFN2O2/c1-4-22(14-7-10-17(20)16(19)11-14)12-18(23)21(2)13-5-8-15(24-3)9-6-13/h5-11H,4,12H2,1-3H3. The molecule has 1 amide bonds. The van der Waals surface area contributed by atoms with Gasteiger partial charge in [-0.05, 0) is 49.4 Å². The summed E-state index contributed by atoms with van der Waals surface area (Å²) in [7, 11) is 3.31. The van der Waals surface area contributed by atoms with Crippen LogP contribution in [0.4, 0.5) is 15.8 Å². The molecule has 0 radical (unpaired) electrons. The molecule has 128 valence electrons. The highest BCUT2D eigenvalue weighted by molar-refractivity contribution is 6.31. The smallest absolute Gasteiger partial charge is 0.246 e. The molecule has 2 aromatic rings. The Hall–Kier alpha value is -2.27. The van der Waals surface area contributed by atoms with Crippen LogP contribution < -0.4 is 14.5 Å². The van der Waals surface area contributed by atoms with Gasteiger partial charge < -0.3 is 14.5 Å². The van der Waals surface area contributed by atoms with Crippen molar-refractivity contribution in [2.75, 3.05) is 37.0 Å². The van der Waals surface area contributed by atoms with Crippen LogP contribution in [0.25, 0.3) is 0 Å². The molecular formula is C18H20ClFN2O2. The third-order valence-corrected chi connectivity index (χ3v) is 4.10. The molecule has 0 N–H and O–H groups in total. The largest absolute Gasteiger partial charge is 0.497 e. The average molecular weight is 351 g/mol. The van der Waals surface area contributed by atoms with Gasteiger partial charge in [-0.1, -0.05) is 11.6 Å². The van der Waals surface area contributed by atoms with Crippen molar-refractivity contribution in [3.63, 3.8) is 0 Å². The normalized spacial score (nSPS) is 10.4. The summed E-state index contributed by atoms with van der Waals surface area (Å²) in [6.45, 7) is 2.70. The van der Waals surface area contributed by atoms with Gasteiger partial charge in [0.2, 0.25) is 5.91 Å². The second-order valence-electron chi connectivity index (χ2n) is 5.26. The molecular weight excluding hydrogens is 331 g/mol. The predicted molar refractivity (Wildman–Crippen MR) is 95.7 cm³/mol. The number of carbonyl (C=O) groups excluding carboxylic acids is 1. The van der Waals surface area contributed by atoms with Crippen molar-refractivity contribution in [2.45, 2.75) is 6.92 Å². The van der Waals surface area contributed by atoms with Crippen molar-refractivity contribution in [3.05, 3.63) is 53.3 Å². The van der Waals surface area contributed by atoms with Gasteiger partial charge in [0, 0.05) is 25.0 Å². The second-order valence-corrected chi connectivity index (χ2v) is 5.67. The van der Waals surface area contributed by atoms with E-state index in [2.05, 4.69) is 0 Å². The highest BCUT2D eigenvalue weighted by Crippen LogP contribution is 2.23. The molecule has 0 atom stereocenters. The van der Waals surface area contributed by atoms with Crippen LogP contribution in [0.15, 0.2) is 42.5 Å².